The van der Waals surface area contributed by atoms with E-state index >= 15 is 0 Å². The number of hydrogen-bond donors (Lipinski definition) is 1. The van der Waals surface area contributed by atoms with E-state index in [-0.39, 0.29) is 0 Å². The second-order valence-corrected chi connectivity index (χ2v) is 4.19. The second kappa shape index (κ2) is 5.21. The zero-order chi connectivity index (χ0) is 11.4. The lowest BCUT2D eigenvalue weighted by Gasteiger charge is -2.12. The van der Waals surface area contributed by atoms with Gasteiger partial charge < -0.3 is 5.11 Å². The van der Waals surface area contributed by atoms with Crippen molar-refractivity contribution in [3.63, 3.8) is 0 Å². The van der Waals surface area contributed by atoms with Crippen LogP contribution in [0.4, 0.5) is 8.78 Å². The lowest BCUT2D eigenvalue weighted by molar-refractivity contribution is 0.158. The van der Waals surface area contributed by atoms with Crippen LogP contribution in [0.15, 0.2) is 18.2 Å². The highest BCUT2D eigenvalue weighted by Gasteiger charge is 2.10. The first-order valence-electron chi connectivity index (χ1n) is 5.13. The predicted octanol–water partition coefficient (Wildman–Crippen LogP) is 3.43. The smallest absolute Gasteiger partial charge is 0.126 e. The van der Waals surface area contributed by atoms with E-state index in [1.807, 2.05) is 13.8 Å². The molecule has 0 aliphatic carbocycles. The first-order valence-corrected chi connectivity index (χ1v) is 5.13. The van der Waals surface area contributed by atoms with Gasteiger partial charge in [-0.25, -0.2) is 8.78 Å². The van der Waals surface area contributed by atoms with E-state index in [4.69, 9.17) is 0 Å². The van der Waals surface area contributed by atoms with Crippen LogP contribution in [0.1, 0.15) is 38.4 Å². The fraction of sp³-hybridized carbons (Fsp3) is 0.500. The quantitative estimate of drug-likeness (QED) is 0.814. The van der Waals surface area contributed by atoms with Crippen LogP contribution < -0.4 is 0 Å². The van der Waals surface area contributed by atoms with Crippen LogP contribution in [-0.4, -0.2) is 5.11 Å². The Morgan fingerprint density at radius 2 is 1.60 bits per heavy atom. The van der Waals surface area contributed by atoms with Crippen molar-refractivity contribution < 1.29 is 13.9 Å². The van der Waals surface area contributed by atoms with E-state index in [9.17, 15) is 13.9 Å². The zero-order valence-electron chi connectivity index (χ0n) is 9.00. The molecule has 0 bridgehead atoms. The van der Waals surface area contributed by atoms with E-state index in [1.54, 1.807) is 0 Å². The van der Waals surface area contributed by atoms with Crippen molar-refractivity contribution >= 4 is 0 Å². The molecule has 0 saturated carbocycles. The molecule has 1 aromatic carbocycles. The van der Waals surface area contributed by atoms with E-state index in [0.717, 1.165) is 12.5 Å². The third kappa shape index (κ3) is 3.96. The van der Waals surface area contributed by atoms with Gasteiger partial charge in [-0.3, -0.25) is 0 Å². The van der Waals surface area contributed by atoms with Crippen LogP contribution in [0.3, 0.4) is 0 Å². The lowest BCUT2D eigenvalue weighted by Crippen LogP contribution is -2.01. The molecule has 1 nitrogen and oxygen atoms in total. The Hall–Kier alpha value is -0.960. The van der Waals surface area contributed by atoms with Gasteiger partial charge in [0.1, 0.15) is 11.6 Å². The van der Waals surface area contributed by atoms with Gasteiger partial charge >= 0.3 is 0 Å². The van der Waals surface area contributed by atoms with Gasteiger partial charge in [0.05, 0.1) is 6.10 Å². The third-order valence-electron chi connectivity index (χ3n) is 2.29. The molecule has 0 aromatic heterocycles. The summed E-state index contributed by atoms with van der Waals surface area (Å²) in [5.41, 5.74) is 0.313. The van der Waals surface area contributed by atoms with Gasteiger partial charge in [0.25, 0.3) is 0 Å². The molecule has 1 N–H and O–H groups in total. The minimum Gasteiger partial charge on any atom is -0.388 e. The molecule has 0 heterocycles. The highest BCUT2D eigenvalue weighted by atomic mass is 19.1. The molecule has 0 radical (unpaired) electrons. The monoisotopic (exact) mass is 214 g/mol. The maximum atomic E-state index is 12.8. The molecular formula is C12H16F2O. The third-order valence-corrected chi connectivity index (χ3v) is 2.29. The van der Waals surface area contributed by atoms with Crippen molar-refractivity contribution in [3.8, 4) is 0 Å². The summed E-state index contributed by atoms with van der Waals surface area (Å²) in [5.74, 6) is -0.819. The summed E-state index contributed by atoms with van der Waals surface area (Å²) >= 11 is 0. The molecule has 1 rings (SSSR count). The Bertz CT molecular complexity index is 303. The highest BCUT2D eigenvalue weighted by molar-refractivity contribution is 5.20. The molecule has 84 valence electrons. The minimum absolute atomic E-state index is 0.313. The van der Waals surface area contributed by atoms with E-state index in [1.165, 1.54) is 12.1 Å². The molecule has 0 aliphatic rings. The fourth-order valence-electron chi connectivity index (χ4n) is 1.43. The molecule has 1 atom stereocenters. The Kier molecular flexibility index (Phi) is 4.21. The van der Waals surface area contributed by atoms with Crippen LogP contribution in [0.5, 0.6) is 0 Å². The number of hydrogen-bond acceptors (Lipinski definition) is 1. The summed E-state index contributed by atoms with van der Waals surface area (Å²) in [7, 11) is 0. The van der Waals surface area contributed by atoms with Gasteiger partial charge in [-0.2, -0.15) is 0 Å². The van der Waals surface area contributed by atoms with Crippen LogP contribution in [0, 0.1) is 17.6 Å². The van der Waals surface area contributed by atoms with Gasteiger partial charge in [0.15, 0.2) is 0 Å². The Morgan fingerprint density at radius 1 is 1.07 bits per heavy atom. The van der Waals surface area contributed by atoms with Crippen LogP contribution in [-0.2, 0) is 0 Å². The number of halogens is 2. The van der Waals surface area contributed by atoms with Crippen LogP contribution in [0.2, 0.25) is 0 Å². The maximum absolute atomic E-state index is 12.8. The van der Waals surface area contributed by atoms with E-state index in [0.29, 0.717) is 17.9 Å². The number of rotatable bonds is 4. The van der Waals surface area contributed by atoms with E-state index < -0.39 is 17.7 Å². The van der Waals surface area contributed by atoms with Gasteiger partial charge in [0.2, 0.25) is 0 Å². The molecule has 0 fully saturated rings. The number of aliphatic hydroxyl groups excluding tert-OH is 1. The molecule has 15 heavy (non-hydrogen) atoms. The average molecular weight is 214 g/mol. The van der Waals surface area contributed by atoms with Gasteiger partial charge in [-0.15, -0.1) is 0 Å². The number of benzene rings is 1. The number of aliphatic hydroxyl groups is 1. The summed E-state index contributed by atoms with van der Waals surface area (Å²) in [4.78, 5) is 0. The van der Waals surface area contributed by atoms with Crippen molar-refractivity contribution in [2.75, 3.05) is 0 Å². The average Bonchev–Trinajstić information content (AvgIpc) is 2.12. The molecule has 1 aromatic rings. The molecule has 1 unspecified atom stereocenters. The Morgan fingerprint density at radius 3 is 2.07 bits per heavy atom. The van der Waals surface area contributed by atoms with Crippen molar-refractivity contribution in [1.29, 1.82) is 0 Å². The first-order chi connectivity index (χ1) is 6.99. The van der Waals surface area contributed by atoms with Crippen molar-refractivity contribution in [2.45, 2.75) is 32.8 Å². The van der Waals surface area contributed by atoms with Crippen molar-refractivity contribution in [3.05, 3.63) is 35.4 Å². The van der Waals surface area contributed by atoms with Gasteiger partial charge in [0, 0.05) is 6.07 Å². The summed E-state index contributed by atoms with van der Waals surface area (Å²) in [6, 6.07) is 3.15. The summed E-state index contributed by atoms with van der Waals surface area (Å²) in [6.07, 6.45) is 0.581. The molecule has 0 aliphatic heterocycles. The maximum Gasteiger partial charge on any atom is 0.126 e. The van der Waals surface area contributed by atoms with Crippen molar-refractivity contribution in [2.24, 2.45) is 5.92 Å². The predicted molar refractivity (Wildman–Crippen MR) is 55.4 cm³/mol. The first kappa shape index (κ1) is 12.1. The topological polar surface area (TPSA) is 20.2 Å². The molecule has 0 saturated heterocycles. The zero-order valence-corrected chi connectivity index (χ0v) is 9.00. The largest absolute Gasteiger partial charge is 0.388 e. The van der Waals surface area contributed by atoms with Crippen LogP contribution >= 0.6 is 0 Å². The van der Waals surface area contributed by atoms with Gasteiger partial charge in [-0.05, 0) is 36.5 Å². The Labute approximate surface area is 88.7 Å². The summed E-state index contributed by atoms with van der Waals surface area (Å²) in [5, 5.41) is 9.68. The summed E-state index contributed by atoms with van der Waals surface area (Å²) in [6.45, 7) is 4.08. The normalized spacial score (nSPS) is 13.2. The molecule has 0 spiro atoms. The standard InChI is InChI=1S/C12H16F2O/c1-8(2)3-4-12(15)9-5-10(13)7-11(14)6-9/h5-8,12,15H,3-4H2,1-2H3. The second-order valence-electron chi connectivity index (χ2n) is 4.19. The SMILES string of the molecule is CC(C)CCC(O)c1cc(F)cc(F)c1. The Balaban J connectivity index is 2.68. The van der Waals surface area contributed by atoms with Crippen LogP contribution in [0.25, 0.3) is 0 Å². The lowest BCUT2D eigenvalue weighted by atomic mass is 10.00. The molecule has 0 amide bonds. The highest BCUT2D eigenvalue weighted by Crippen LogP contribution is 2.22. The fourth-order valence-corrected chi connectivity index (χ4v) is 1.43. The van der Waals surface area contributed by atoms with E-state index in [2.05, 4.69) is 0 Å². The van der Waals surface area contributed by atoms with Gasteiger partial charge in [-0.1, -0.05) is 13.8 Å². The molecular weight excluding hydrogens is 198 g/mol. The van der Waals surface area contributed by atoms with Crippen molar-refractivity contribution in [1.82, 2.24) is 0 Å². The summed E-state index contributed by atoms with van der Waals surface area (Å²) < 4.78 is 25.7. The minimum atomic E-state index is -0.780. The molecule has 3 heteroatoms.